The average molecular weight is 491 g/mol. The van der Waals surface area contributed by atoms with Gasteiger partial charge in [-0.3, -0.25) is 24.3 Å². The van der Waals surface area contributed by atoms with E-state index in [-0.39, 0.29) is 6.04 Å². The summed E-state index contributed by atoms with van der Waals surface area (Å²) in [5.74, 6) is -2.63. The molecule has 2 N–H and O–H groups in total. The second kappa shape index (κ2) is 10.4. The molecule has 1 fully saturated rings. The smallest absolute Gasteiger partial charge is 0.317 e. The number of halogens is 1. The number of hydrogen-bond acceptors (Lipinski definition) is 4. The third kappa shape index (κ3) is 5.87. The first-order valence-corrected chi connectivity index (χ1v) is 12.2. The number of nitrogens with zero attached hydrogens (tertiary/aromatic N) is 2. The molecule has 3 amide bonds. The third-order valence-electron chi connectivity index (χ3n) is 6.15. The zero-order valence-electron chi connectivity index (χ0n) is 20.8. The van der Waals surface area contributed by atoms with Gasteiger partial charge >= 0.3 is 11.8 Å². The largest absolute Gasteiger partial charge is 0.349 e. The number of para-hydroxylation sites is 1. The van der Waals surface area contributed by atoms with E-state index in [1.165, 1.54) is 30.5 Å². The summed E-state index contributed by atoms with van der Waals surface area (Å²) in [6.45, 7) is 5.47. The highest BCUT2D eigenvalue weighted by molar-refractivity contribution is 6.41. The van der Waals surface area contributed by atoms with E-state index < -0.39 is 35.1 Å². The summed E-state index contributed by atoms with van der Waals surface area (Å²) in [5.41, 5.74) is 0.756. The molecule has 36 heavy (non-hydrogen) atoms. The maximum Gasteiger partial charge on any atom is 0.317 e. The standard InChI is InChI=1S/C28H31FN4O3/c1-28(2,3)32-25(34)24(18-12-14-20(29)15-13-18)33(27(36)26(35)31-21-9-5-6-10-21)22-16-19-8-4-7-11-23(19)30-17-22/h4,7-8,11-17,21,24H,5-6,9-10H2,1-3H3,(H,31,35)(H,32,34). The van der Waals surface area contributed by atoms with Crippen molar-refractivity contribution in [1.29, 1.82) is 0 Å². The minimum absolute atomic E-state index is 0.0781. The van der Waals surface area contributed by atoms with Crippen LogP contribution >= 0.6 is 0 Å². The van der Waals surface area contributed by atoms with E-state index >= 15 is 0 Å². The summed E-state index contributed by atoms with van der Waals surface area (Å²) in [5, 5.41) is 6.48. The molecule has 7 nitrogen and oxygen atoms in total. The number of benzene rings is 2. The topological polar surface area (TPSA) is 91.4 Å². The third-order valence-corrected chi connectivity index (χ3v) is 6.15. The number of carbonyl (C=O) groups excluding carboxylic acids is 3. The molecule has 1 aliphatic rings. The lowest BCUT2D eigenvalue weighted by atomic mass is 10.0. The van der Waals surface area contributed by atoms with Crippen molar-refractivity contribution in [2.75, 3.05) is 4.90 Å². The summed E-state index contributed by atoms with van der Waals surface area (Å²) in [6, 6.07) is 13.2. The van der Waals surface area contributed by atoms with Crippen LogP contribution in [0.15, 0.2) is 60.8 Å². The van der Waals surface area contributed by atoms with E-state index in [4.69, 9.17) is 0 Å². The maximum absolute atomic E-state index is 13.8. The van der Waals surface area contributed by atoms with Crippen molar-refractivity contribution in [2.24, 2.45) is 0 Å². The summed E-state index contributed by atoms with van der Waals surface area (Å²) in [4.78, 5) is 46.2. The first-order valence-electron chi connectivity index (χ1n) is 12.2. The molecule has 0 bridgehead atoms. The fourth-order valence-corrected chi connectivity index (χ4v) is 4.50. The molecule has 1 aromatic heterocycles. The fourth-order valence-electron chi connectivity index (χ4n) is 4.50. The minimum atomic E-state index is -1.23. The number of hydrogen-bond donors (Lipinski definition) is 2. The Kier molecular flexibility index (Phi) is 7.33. The van der Waals surface area contributed by atoms with Crippen LogP contribution in [0.2, 0.25) is 0 Å². The van der Waals surface area contributed by atoms with Crippen molar-refractivity contribution in [3.8, 4) is 0 Å². The van der Waals surface area contributed by atoms with Crippen LogP contribution in [-0.2, 0) is 14.4 Å². The Labute approximate surface area is 210 Å². The van der Waals surface area contributed by atoms with Crippen LogP contribution in [0, 0.1) is 5.82 Å². The molecule has 0 spiro atoms. The van der Waals surface area contributed by atoms with Gasteiger partial charge < -0.3 is 10.6 Å². The number of carbonyl (C=O) groups is 3. The summed E-state index contributed by atoms with van der Waals surface area (Å²) in [6.07, 6.45) is 5.07. The Morgan fingerprint density at radius 1 is 1.03 bits per heavy atom. The van der Waals surface area contributed by atoms with Crippen LogP contribution in [0.5, 0.6) is 0 Å². The number of fused-ring (bicyclic) bond motifs is 1. The Balaban J connectivity index is 1.82. The molecule has 1 heterocycles. The Morgan fingerprint density at radius 3 is 2.36 bits per heavy atom. The van der Waals surface area contributed by atoms with E-state index in [1.807, 2.05) is 45.0 Å². The van der Waals surface area contributed by atoms with Crippen molar-refractivity contribution in [1.82, 2.24) is 15.6 Å². The van der Waals surface area contributed by atoms with E-state index in [1.54, 1.807) is 6.07 Å². The molecule has 1 atom stereocenters. The number of anilines is 1. The van der Waals surface area contributed by atoms with Gasteiger partial charge in [0, 0.05) is 17.0 Å². The first-order chi connectivity index (χ1) is 17.1. The van der Waals surface area contributed by atoms with Gasteiger partial charge in [-0.15, -0.1) is 0 Å². The molecule has 4 rings (SSSR count). The number of pyridine rings is 1. The van der Waals surface area contributed by atoms with E-state index in [2.05, 4.69) is 15.6 Å². The van der Waals surface area contributed by atoms with Gasteiger partial charge in [0.05, 0.1) is 17.4 Å². The van der Waals surface area contributed by atoms with E-state index in [0.29, 0.717) is 16.8 Å². The molecule has 8 heteroatoms. The number of amides is 3. The Bertz CT molecular complexity index is 1260. The van der Waals surface area contributed by atoms with Gasteiger partial charge in [0.25, 0.3) is 0 Å². The Morgan fingerprint density at radius 2 is 1.69 bits per heavy atom. The van der Waals surface area contributed by atoms with Gasteiger partial charge in [0.15, 0.2) is 0 Å². The molecule has 1 saturated carbocycles. The number of aromatic nitrogens is 1. The summed E-state index contributed by atoms with van der Waals surface area (Å²) < 4.78 is 13.8. The Hall–Kier alpha value is -3.81. The zero-order valence-corrected chi connectivity index (χ0v) is 20.8. The van der Waals surface area contributed by atoms with Crippen LogP contribution in [-0.4, -0.2) is 34.3 Å². The van der Waals surface area contributed by atoms with Gasteiger partial charge in [0.1, 0.15) is 11.9 Å². The van der Waals surface area contributed by atoms with Gasteiger partial charge in [-0.05, 0) is 63.4 Å². The van der Waals surface area contributed by atoms with Crippen molar-refractivity contribution in [3.63, 3.8) is 0 Å². The molecule has 1 unspecified atom stereocenters. The molecule has 0 aliphatic heterocycles. The van der Waals surface area contributed by atoms with Crippen LogP contribution in [0.4, 0.5) is 10.1 Å². The quantitative estimate of drug-likeness (QED) is 0.518. The van der Waals surface area contributed by atoms with Crippen molar-refractivity contribution in [3.05, 3.63) is 72.2 Å². The summed E-state index contributed by atoms with van der Waals surface area (Å²) in [7, 11) is 0. The second-order valence-electron chi connectivity index (χ2n) is 10.2. The lowest BCUT2D eigenvalue weighted by Gasteiger charge is -2.33. The van der Waals surface area contributed by atoms with Gasteiger partial charge in [-0.1, -0.05) is 43.2 Å². The summed E-state index contributed by atoms with van der Waals surface area (Å²) >= 11 is 0. The monoisotopic (exact) mass is 490 g/mol. The minimum Gasteiger partial charge on any atom is -0.349 e. The maximum atomic E-state index is 13.8. The molecule has 1 aliphatic carbocycles. The highest BCUT2D eigenvalue weighted by atomic mass is 19.1. The number of nitrogens with one attached hydrogen (secondary N) is 2. The van der Waals surface area contributed by atoms with Crippen molar-refractivity contribution < 1.29 is 18.8 Å². The predicted molar refractivity (Wildman–Crippen MR) is 137 cm³/mol. The highest BCUT2D eigenvalue weighted by Crippen LogP contribution is 2.31. The molecule has 0 saturated heterocycles. The molecule has 188 valence electrons. The predicted octanol–water partition coefficient (Wildman–Crippen LogP) is 4.42. The lowest BCUT2D eigenvalue weighted by Crippen LogP contribution is -2.53. The molecule has 3 aromatic rings. The SMILES string of the molecule is CC(C)(C)NC(=O)C(c1ccc(F)cc1)N(C(=O)C(=O)NC1CCCC1)c1cnc2ccccc2c1. The zero-order chi connectivity index (χ0) is 25.9. The molecule has 0 radical (unpaired) electrons. The second-order valence-corrected chi connectivity index (χ2v) is 10.2. The van der Waals surface area contributed by atoms with Crippen LogP contribution in [0.1, 0.15) is 58.1 Å². The van der Waals surface area contributed by atoms with Gasteiger partial charge in [-0.2, -0.15) is 0 Å². The van der Waals surface area contributed by atoms with Crippen LogP contribution in [0.25, 0.3) is 10.9 Å². The molecular weight excluding hydrogens is 459 g/mol. The van der Waals surface area contributed by atoms with Crippen molar-refractivity contribution >= 4 is 34.3 Å². The van der Waals surface area contributed by atoms with Gasteiger partial charge in [0.2, 0.25) is 5.91 Å². The first kappa shape index (κ1) is 25.3. The lowest BCUT2D eigenvalue weighted by molar-refractivity contribution is -0.139. The molecule has 2 aromatic carbocycles. The van der Waals surface area contributed by atoms with E-state index in [0.717, 1.165) is 36.0 Å². The van der Waals surface area contributed by atoms with Crippen LogP contribution in [0.3, 0.4) is 0 Å². The molecular formula is C28H31FN4O3. The van der Waals surface area contributed by atoms with Gasteiger partial charge in [-0.25, -0.2) is 4.39 Å². The average Bonchev–Trinajstić information content (AvgIpc) is 3.34. The fraction of sp³-hybridized carbons (Fsp3) is 0.357. The number of rotatable bonds is 5. The van der Waals surface area contributed by atoms with Crippen LogP contribution < -0.4 is 15.5 Å². The van der Waals surface area contributed by atoms with E-state index in [9.17, 15) is 18.8 Å². The van der Waals surface area contributed by atoms with Crippen molar-refractivity contribution in [2.45, 2.75) is 64.1 Å². The highest BCUT2D eigenvalue weighted by Gasteiger charge is 2.38. The normalized spacial score (nSPS) is 14.9.